The first-order chi connectivity index (χ1) is 9.67. The highest BCUT2D eigenvalue weighted by Gasteiger charge is 2.28. The molecular weight excluding hydrogens is 319 g/mol. The van der Waals surface area contributed by atoms with Crippen molar-refractivity contribution in [2.45, 2.75) is 51.1 Å². The van der Waals surface area contributed by atoms with Crippen molar-refractivity contribution in [3.63, 3.8) is 0 Å². The van der Waals surface area contributed by atoms with E-state index >= 15 is 0 Å². The Hall–Kier alpha value is -0.450. The van der Waals surface area contributed by atoms with E-state index in [4.69, 9.17) is 5.73 Å². The smallest absolute Gasteiger partial charge is 0.137 e. The van der Waals surface area contributed by atoms with Crippen molar-refractivity contribution in [1.82, 2.24) is 4.90 Å². The fraction of sp³-hybridized carbons (Fsp3) is 0.625. The number of rotatable bonds is 5. The first-order valence-corrected chi connectivity index (χ1v) is 8.37. The van der Waals surface area contributed by atoms with Crippen LogP contribution in [0.1, 0.15) is 50.6 Å². The van der Waals surface area contributed by atoms with Crippen LogP contribution in [0.5, 0.6) is 0 Å². The van der Waals surface area contributed by atoms with Crippen molar-refractivity contribution < 1.29 is 4.39 Å². The highest BCUT2D eigenvalue weighted by Crippen LogP contribution is 2.31. The minimum Gasteiger partial charge on any atom is -0.329 e. The Balaban J connectivity index is 2.22. The Labute approximate surface area is 129 Å². The zero-order valence-electron chi connectivity index (χ0n) is 12.1. The minimum absolute atomic E-state index is 0.134. The Bertz CT molecular complexity index is 436. The van der Waals surface area contributed by atoms with Crippen molar-refractivity contribution in [1.29, 1.82) is 0 Å². The molecule has 0 saturated carbocycles. The summed E-state index contributed by atoms with van der Waals surface area (Å²) in [5.41, 5.74) is 7.00. The summed E-state index contributed by atoms with van der Waals surface area (Å²) >= 11 is 3.21. The minimum atomic E-state index is -0.204. The van der Waals surface area contributed by atoms with Crippen molar-refractivity contribution in [2.75, 3.05) is 13.1 Å². The second kappa shape index (κ2) is 7.53. The maximum atomic E-state index is 13.8. The molecule has 0 radical (unpaired) electrons. The average Bonchev–Trinajstić information content (AvgIpc) is 2.45. The maximum Gasteiger partial charge on any atom is 0.137 e. The second-order valence-electron chi connectivity index (χ2n) is 5.60. The van der Waals surface area contributed by atoms with Gasteiger partial charge < -0.3 is 5.73 Å². The molecule has 1 aromatic rings. The van der Waals surface area contributed by atoms with Crippen LogP contribution >= 0.6 is 15.9 Å². The highest BCUT2D eigenvalue weighted by atomic mass is 79.9. The summed E-state index contributed by atoms with van der Waals surface area (Å²) < 4.78 is 14.3. The fourth-order valence-electron chi connectivity index (χ4n) is 3.26. The molecule has 0 bridgehead atoms. The molecule has 1 aromatic carbocycles. The largest absolute Gasteiger partial charge is 0.329 e. The molecule has 1 saturated heterocycles. The van der Waals surface area contributed by atoms with Gasteiger partial charge in [-0.2, -0.15) is 0 Å². The third-order valence-corrected chi connectivity index (χ3v) is 4.89. The lowest BCUT2D eigenvalue weighted by Gasteiger charge is -2.41. The van der Waals surface area contributed by atoms with Gasteiger partial charge in [0, 0.05) is 18.6 Å². The molecule has 2 N–H and O–H groups in total. The molecule has 1 aliphatic heterocycles. The normalized spacial score (nSPS) is 21.9. The molecule has 2 atom stereocenters. The van der Waals surface area contributed by atoms with Crippen LogP contribution in [0.25, 0.3) is 0 Å². The Morgan fingerprint density at radius 2 is 2.25 bits per heavy atom. The first-order valence-electron chi connectivity index (χ1n) is 7.58. The lowest BCUT2D eigenvalue weighted by molar-refractivity contribution is 0.0911. The van der Waals surface area contributed by atoms with Crippen molar-refractivity contribution in [2.24, 2.45) is 5.73 Å². The summed E-state index contributed by atoms with van der Waals surface area (Å²) in [7, 11) is 0. The summed E-state index contributed by atoms with van der Waals surface area (Å²) in [6.45, 7) is 3.84. The van der Waals surface area contributed by atoms with E-state index in [1.165, 1.54) is 32.1 Å². The predicted octanol–water partition coefficient (Wildman–Crippen LogP) is 4.24. The monoisotopic (exact) mass is 342 g/mol. The molecule has 1 aliphatic rings. The summed E-state index contributed by atoms with van der Waals surface area (Å²) in [5.74, 6) is -0.204. The molecule has 0 aliphatic carbocycles. The third kappa shape index (κ3) is 3.60. The molecule has 1 heterocycles. The van der Waals surface area contributed by atoms with Gasteiger partial charge in [-0.15, -0.1) is 0 Å². The van der Waals surface area contributed by atoms with Gasteiger partial charge in [-0.25, -0.2) is 4.39 Å². The van der Waals surface area contributed by atoms with Gasteiger partial charge in [-0.3, -0.25) is 4.90 Å². The number of piperidine rings is 1. The number of nitrogens with zero attached hydrogens (tertiary/aromatic N) is 1. The predicted molar refractivity (Wildman–Crippen MR) is 85.1 cm³/mol. The van der Waals surface area contributed by atoms with Crippen LogP contribution < -0.4 is 5.73 Å². The lowest BCUT2D eigenvalue weighted by atomic mass is 9.93. The van der Waals surface area contributed by atoms with E-state index in [1.54, 1.807) is 12.1 Å². The van der Waals surface area contributed by atoms with E-state index in [0.29, 0.717) is 17.1 Å². The van der Waals surface area contributed by atoms with E-state index in [0.717, 1.165) is 12.1 Å². The maximum absolute atomic E-state index is 13.8. The van der Waals surface area contributed by atoms with E-state index in [9.17, 15) is 4.39 Å². The van der Waals surface area contributed by atoms with Crippen LogP contribution in [0.4, 0.5) is 4.39 Å². The number of likely N-dealkylation sites (tertiary alicyclic amines) is 1. The number of nitrogens with two attached hydrogens (primary N) is 1. The molecule has 2 rings (SSSR count). The van der Waals surface area contributed by atoms with Gasteiger partial charge in [-0.05, 0) is 59.4 Å². The first kappa shape index (κ1) is 15.9. The molecule has 0 amide bonds. The van der Waals surface area contributed by atoms with Crippen LogP contribution in [-0.2, 0) is 0 Å². The molecule has 112 valence electrons. The number of benzene rings is 1. The summed E-state index contributed by atoms with van der Waals surface area (Å²) in [5, 5.41) is 0. The number of hydrogen-bond acceptors (Lipinski definition) is 2. The van der Waals surface area contributed by atoms with Gasteiger partial charge in [0.05, 0.1) is 4.47 Å². The SMILES string of the molecule is CCCC1CCCCN1C(CN)c1ccc(Br)c(F)c1. The molecule has 0 spiro atoms. The highest BCUT2D eigenvalue weighted by molar-refractivity contribution is 9.10. The van der Waals surface area contributed by atoms with Gasteiger partial charge in [0.1, 0.15) is 5.82 Å². The number of hydrogen-bond donors (Lipinski definition) is 1. The quantitative estimate of drug-likeness (QED) is 0.866. The van der Waals surface area contributed by atoms with Crippen LogP contribution in [-0.4, -0.2) is 24.0 Å². The van der Waals surface area contributed by atoms with E-state index in [2.05, 4.69) is 27.8 Å². The zero-order valence-corrected chi connectivity index (χ0v) is 13.7. The Morgan fingerprint density at radius 1 is 1.45 bits per heavy atom. The average molecular weight is 343 g/mol. The molecule has 0 aromatic heterocycles. The molecule has 4 heteroatoms. The third-order valence-electron chi connectivity index (χ3n) is 4.25. The fourth-order valence-corrected chi connectivity index (χ4v) is 3.51. The molecule has 1 fully saturated rings. The topological polar surface area (TPSA) is 29.3 Å². The van der Waals surface area contributed by atoms with Crippen molar-refractivity contribution in [3.05, 3.63) is 34.1 Å². The number of halogens is 2. The van der Waals surface area contributed by atoms with Crippen LogP contribution in [0.15, 0.2) is 22.7 Å². The summed E-state index contributed by atoms with van der Waals surface area (Å²) in [6, 6.07) is 6.12. The Morgan fingerprint density at radius 3 is 2.90 bits per heavy atom. The summed E-state index contributed by atoms with van der Waals surface area (Å²) in [4.78, 5) is 2.50. The standard InChI is InChI=1S/C16H24BrFN2/c1-2-5-13-6-3-4-9-20(13)16(11-19)12-7-8-14(17)15(18)10-12/h7-8,10,13,16H,2-6,9,11,19H2,1H3. The van der Waals surface area contributed by atoms with Crippen LogP contribution in [0.2, 0.25) is 0 Å². The van der Waals surface area contributed by atoms with E-state index in [1.807, 2.05) is 6.07 Å². The molecule has 2 unspecified atom stereocenters. The van der Waals surface area contributed by atoms with Crippen molar-refractivity contribution in [3.8, 4) is 0 Å². The van der Waals surface area contributed by atoms with Crippen LogP contribution in [0, 0.1) is 5.82 Å². The van der Waals surface area contributed by atoms with E-state index in [-0.39, 0.29) is 11.9 Å². The second-order valence-corrected chi connectivity index (χ2v) is 6.46. The van der Waals surface area contributed by atoms with Gasteiger partial charge in [0.15, 0.2) is 0 Å². The zero-order chi connectivity index (χ0) is 14.5. The Kier molecular flexibility index (Phi) is 6.00. The summed E-state index contributed by atoms with van der Waals surface area (Å²) in [6.07, 6.45) is 6.15. The van der Waals surface area contributed by atoms with E-state index < -0.39 is 0 Å². The van der Waals surface area contributed by atoms with Gasteiger partial charge in [-0.1, -0.05) is 25.8 Å². The van der Waals surface area contributed by atoms with Gasteiger partial charge in [0.25, 0.3) is 0 Å². The van der Waals surface area contributed by atoms with Gasteiger partial charge in [0.2, 0.25) is 0 Å². The molecular formula is C16H24BrFN2. The lowest BCUT2D eigenvalue weighted by Crippen LogP contribution is -2.44. The molecule has 2 nitrogen and oxygen atoms in total. The van der Waals surface area contributed by atoms with Gasteiger partial charge >= 0.3 is 0 Å². The van der Waals surface area contributed by atoms with Crippen LogP contribution in [0.3, 0.4) is 0 Å². The molecule has 20 heavy (non-hydrogen) atoms. The van der Waals surface area contributed by atoms with Crippen molar-refractivity contribution >= 4 is 15.9 Å².